The molecule has 0 radical (unpaired) electrons. The zero-order valence-electron chi connectivity index (χ0n) is 13.4. The Bertz CT molecular complexity index is 673. The van der Waals surface area contributed by atoms with Gasteiger partial charge in [-0.2, -0.15) is 0 Å². The number of aliphatic carboxylic acids is 1. The summed E-state index contributed by atoms with van der Waals surface area (Å²) in [5.74, 6) is -1.42. The molecule has 2 fully saturated rings. The number of alkyl halides is 3. The van der Waals surface area contributed by atoms with Crippen LogP contribution in [0.2, 0.25) is 0 Å². The normalized spacial score (nSPS) is 25.7. The van der Waals surface area contributed by atoms with Crippen molar-refractivity contribution in [2.24, 2.45) is 11.3 Å². The van der Waals surface area contributed by atoms with Crippen LogP contribution in [0.4, 0.5) is 13.2 Å². The second-order valence-corrected chi connectivity index (χ2v) is 6.69. The molecule has 25 heavy (non-hydrogen) atoms. The molecule has 0 spiro atoms. The van der Waals surface area contributed by atoms with Crippen LogP contribution in [0.1, 0.15) is 24.8 Å². The van der Waals surface area contributed by atoms with Gasteiger partial charge < -0.3 is 14.7 Å². The SMILES string of the molecule is O=C(Cc1ccc(OC(F)(F)F)cc1)N1C[C@@H]2CCC[C@@]2(C(=O)O)C1. The highest BCUT2D eigenvalue weighted by atomic mass is 19.4. The lowest BCUT2D eigenvalue weighted by atomic mass is 9.81. The first kappa shape index (κ1) is 17.6. The Balaban J connectivity index is 1.62. The van der Waals surface area contributed by atoms with Crippen LogP contribution in [0.15, 0.2) is 24.3 Å². The number of hydrogen-bond donors (Lipinski definition) is 1. The van der Waals surface area contributed by atoms with E-state index in [0.717, 1.165) is 25.0 Å². The van der Waals surface area contributed by atoms with E-state index in [1.165, 1.54) is 12.1 Å². The molecule has 1 aliphatic heterocycles. The van der Waals surface area contributed by atoms with E-state index in [1.54, 1.807) is 4.90 Å². The molecule has 0 aromatic heterocycles. The Kier molecular flexibility index (Phi) is 4.38. The summed E-state index contributed by atoms with van der Waals surface area (Å²) in [6.07, 6.45) is -2.48. The Hall–Kier alpha value is -2.25. The van der Waals surface area contributed by atoms with Crippen LogP contribution >= 0.6 is 0 Å². The Morgan fingerprint density at radius 2 is 1.96 bits per heavy atom. The highest BCUT2D eigenvalue weighted by molar-refractivity contribution is 5.82. The number of carboxylic acid groups (broad SMARTS) is 1. The van der Waals surface area contributed by atoms with Crippen LogP contribution in [0, 0.1) is 11.3 Å². The van der Waals surface area contributed by atoms with E-state index in [2.05, 4.69) is 4.74 Å². The number of ether oxygens (including phenoxy) is 1. The molecule has 0 bridgehead atoms. The van der Waals surface area contributed by atoms with Gasteiger partial charge in [0.05, 0.1) is 11.8 Å². The van der Waals surface area contributed by atoms with E-state index in [4.69, 9.17) is 0 Å². The quantitative estimate of drug-likeness (QED) is 0.900. The minimum Gasteiger partial charge on any atom is -0.481 e. The molecule has 5 nitrogen and oxygen atoms in total. The number of nitrogens with zero attached hydrogens (tertiary/aromatic N) is 1. The molecule has 1 N–H and O–H groups in total. The molecule has 8 heteroatoms. The van der Waals surface area contributed by atoms with Crippen molar-refractivity contribution < 1.29 is 32.6 Å². The predicted molar refractivity (Wildman–Crippen MR) is 80.8 cm³/mol. The van der Waals surface area contributed by atoms with E-state index in [-0.39, 0.29) is 30.5 Å². The number of amides is 1. The molecule has 1 aliphatic carbocycles. The summed E-state index contributed by atoms with van der Waals surface area (Å²) >= 11 is 0. The number of carbonyl (C=O) groups excluding carboxylic acids is 1. The Morgan fingerprint density at radius 3 is 2.52 bits per heavy atom. The summed E-state index contributed by atoms with van der Waals surface area (Å²) in [4.78, 5) is 25.7. The van der Waals surface area contributed by atoms with Crippen molar-refractivity contribution >= 4 is 11.9 Å². The predicted octanol–water partition coefficient (Wildman–Crippen LogP) is 2.84. The fourth-order valence-electron chi connectivity index (χ4n) is 3.92. The minimum absolute atomic E-state index is 0.0171. The van der Waals surface area contributed by atoms with E-state index in [0.29, 0.717) is 18.5 Å². The fourth-order valence-corrected chi connectivity index (χ4v) is 3.92. The van der Waals surface area contributed by atoms with Gasteiger partial charge in [-0.05, 0) is 36.5 Å². The van der Waals surface area contributed by atoms with Gasteiger partial charge in [-0.3, -0.25) is 9.59 Å². The molecule has 2 atom stereocenters. The first-order chi connectivity index (χ1) is 11.7. The van der Waals surface area contributed by atoms with Gasteiger partial charge in [-0.25, -0.2) is 0 Å². The molecule has 1 saturated carbocycles. The van der Waals surface area contributed by atoms with Gasteiger partial charge in [0.1, 0.15) is 5.75 Å². The maximum Gasteiger partial charge on any atom is 0.573 e. The molecule has 136 valence electrons. The largest absolute Gasteiger partial charge is 0.573 e. The molecule has 1 saturated heterocycles. The first-order valence-electron chi connectivity index (χ1n) is 8.05. The summed E-state index contributed by atoms with van der Waals surface area (Å²) < 4.78 is 40.2. The molecule has 0 unspecified atom stereocenters. The van der Waals surface area contributed by atoms with E-state index in [1.807, 2.05) is 0 Å². The number of carbonyl (C=O) groups is 2. The summed E-state index contributed by atoms with van der Waals surface area (Å²) in [7, 11) is 0. The summed E-state index contributed by atoms with van der Waals surface area (Å²) in [6.45, 7) is 0.640. The van der Waals surface area contributed by atoms with E-state index >= 15 is 0 Å². The van der Waals surface area contributed by atoms with Crippen LogP contribution in [0.3, 0.4) is 0 Å². The number of benzene rings is 1. The lowest BCUT2D eigenvalue weighted by Crippen LogP contribution is -2.37. The van der Waals surface area contributed by atoms with Crippen LogP contribution in [-0.4, -0.2) is 41.3 Å². The Morgan fingerprint density at radius 1 is 1.28 bits per heavy atom. The lowest BCUT2D eigenvalue weighted by Gasteiger charge is -2.23. The summed E-state index contributed by atoms with van der Waals surface area (Å²) in [5.41, 5.74) is -0.277. The molecule has 1 heterocycles. The summed E-state index contributed by atoms with van der Waals surface area (Å²) in [5, 5.41) is 9.54. The number of halogens is 3. The average molecular weight is 357 g/mol. The van der Waals surface area contributed by atoms with Crippen LogP contribution < -0.4 is 4.74 Å². The highest BCUT2D eigenvalue weighted by Gasteiger charge is 2.55. The maximum atomic E-state index is 12.4. The van der Waals surface area contributed by atoms with Crippen molar-refractivity contribution in [3.05, 3.63) is 29.8 Å². The first-order valence-corrected chi connectivity index (χ1v) is 8.05. The van der Waals surface area contributed by atoms with Gasteiger partial charge in [0.2, 0.25) is 5.91 Å². The third kappa shape index (κ3) is 3.57. The van der Waals surface area contributed by atoms with Gasteiger partial charge in [0.25, 0.3) is 0 Å². The zero-order chi connectivity index (χ0) is 18.2. The molecule has 1 aromatic rings. The molecular formula is C17H18F3NO4. The second-order valence-electron chi connectivity index (χ2n) is 6.69. The monoisotopic (exact) mass is 357 g/mol. The lowest BCUT2D eigenvalue weighted by molar-refractivity contribution is -0.274. The topological polar surface area (TPSA) is 66.8 Å². The zero-order valence-corrected chi connectivity index (χ0v) is 13.4. The Labute approximate surface area is 142 Å². The van der Waals surface area contributed by atoms with Crippen molar-refractivity contribution in [3.63, 3.8) is 0 Å². The van der Waals surface area contributed by atoms with Crippen molar-refractivity contribution in [3.8, 4) is 5.75 Å². The summed E-state index contributed by atoms with van der Waals surface area (Å²) in [6, 6.07) is 5.13. The number of hydrogen-bond acceptors (Lipinski definition) is 3. The molecule has 3 rings (SSSR count). The van der Waals surface area contributed by atoms with Gasteiger partial charge >= 0.3 is 12.3 Å². The molecule has 1 amide bonds. The maximum absolute atomic E-state index is 12.4. The molecule has 2 aliphatic rings. The van der Waals surface area contributed by atoms with E-state index < -0.39 is 17.7 Å². The fraction of sp³-hybridized carbons (Fsp3) is 0.529. The minimum atomic E-state index is -4.75. The van der Waals surface area contributed by atoms with Crippen LogP contribution in [0.25, 0.3) is 0 Å². The second kappa shape index (κ2) is 6.24. The third-order valence-electron chi connectivity index (χ3n) is 5.16. The van der Waals surface area contributed by atoms with Gasteiger partial charge in [0, 0.05) is 13.1 Å². The number of likely N-dealkylation sites (tertiary alicyclic amines) is 1. The number of fused-ring (bicyclic) bond motifs is 1. The number of rotatable bonds is 4. The standard InChI is InChI=1S/C17H18F3NO4/c18-17(19,20)25-13-5-3-11(4-6-13)8-14(22)21-9-12-2-1-7-16(12,10-21)15(23)24/h3-6,12H,1-2,7-10H2,(H,23,24)/t12-,16+/m0/s1. The van der Waals surface area contributed by atoms with Crippen LogP contribution in [-0.2, 0) is 16.0 Å². The molecule has 1 aromatic carbocycles. The smallest absolute Gasteiger partial charge is 0.481 e. The third-order valence-corrected chi connectivity index (χ3v) is 5.16. The van der Waals surface area contributed by atoms with Gasteiger partial charge in [-0.1, -0.05) is 18.6 Å². The van der Waals surface area contributed by atoms with E-state index in [9.17, 15) is 27.9 Å². The van der Waals surface area contributed by atoms with Crippen molar-refractivity contribution in [2.45, 2.75) is 32.0 Å². The van der Waals surface area contributed by atoms with Crippen molar-refractivity contribution in [2.75, 3.05) is 13.1 Å². The van der Waals surface area contributed by atoms with Gasteiger partial charge in [-0.15, -0.1) is 13.2 Å². The number of carboxylic acids is 1. The van der Waals surface area contributed by atoms with Crippen molar-refractivity contribution in [1.82, 2.24) is 4.90 Å². The van der Waals surface area contributed by atoms with Gasteiger partial charge in [0.15, 0.2) is 0 Å². The highest BCUT2D eigenvalue weighted by Crippen LogP contribution is 2.48. The van der Waals surface area contributed by atoms with Crippen LogP contribution in [0.5, 0.6) is 5.75 Å². The van der Waals surface area contributed by atoms with Crippen molar-refractivity contribution in [1.29, 1.82) is 0 Å². The molecular weight excluding hydrogens is 339 g/mol. The average Bonchev–Trinajstić information content (AvgIpc) is 3.05.